The quantitative estimate of drug-likeness (QED) is 0.465. The molecule has 1 aliphatic rings. The second-order valence-corrected chi connectivity index (χ2v) is 7.78. The van der Waals surface area contributed by atoms with E-state index in [4.69, 9.17) is 0 Å². The summed E-state index contributed by atoms with van der Waals surface area (Å²) in [5, 5.41) is 2.32. The van der Waals surface area contributed by atoms with Crippen molar-refractivity contribution in [1.82, 2.24) is 0 Å². The number of aromatic nitrogens is 1. The Balaban J connectivity index is 1.68. The van der Waals surface area contributed by atoms with Crippen LogP contribution in [0.4, 0.5) is 5.69 Å². The summed E-state index contributed by atoms with van der Waals surface area (Å²) < 4.78 is 3.58. The lowest BCUT2D eigenvalue weighted by Gasteiger charge is -2.16. The standard InChI is InChI=1S/C21H19N2S2/c1-3-22-16-10-5-7-12-18(16)24-20(22)14-9-15-21-23(4-2)17-11-6-8-13-19(17)25-21/h5-8,10-14H,3-4H2,1-2H3/q+1. The number of benzene rings is 2. The lowest BCUT2D eigenvalue weighted by atomic mass is 10.3. The summed E-state index contributed by atoms with van der Waals surface area (Å²) in [4.78, 5) is 3.64. The Hall–Kier alpha value is -2.22. The number of allylic oxidation sites excluding steroid dienone is 1. The second-order valence-electron chi connectivity index (χ2n) is 5.69. The molecule has 0 atom stereocenters. The third kappa shape index (κ3) is 2.95. The number of para-hydroxylation sites is 2. The molecule has 0 aliphatic carbocycles. The van der Waals surface area contributed by atoms with Crippen LogP contribution in [0.25, 0.3) is 10.2 Å². The van der Waals surface area contributed by atoms with E-state index in [1.807, 2.05) is 0 Å². The zero-order valence-electron chi connectivity index (χ0n) is 14.3. The molecule has 1 aromatic heterocycles. The number of thioether (sulfide) groups is 1. The Morgan fingerprint density at radius 2 is 1.88 bits per heavy atom. The topological polar surface area (TPSA) is 7.12 Å². The van der Waals surface area contributed by atoms with Gasteiger partial charge in [0.15, 0.2) is 0 Å². The van der Waals surface area contributed by atoms with Gasteiger partial charge >= 0.3 is 5.01 Å². The number of hydrogen-bond acceptors (Lipinski definition) is 3. The van der Waals surface area contributed by atoms with Crippen LogP contribution >= 0.6 is 23.1 Å². The van der Waals surface area contributed by atoms with Crippen LogP contribution in [0.3, 0.4) is 0 Å². The van der Waals surface area contributed by atoms with Crippen molar-refractivity contribution >= 4 is 39.0 Å². The molecule has 0 fully saturated rings. The first-order valence-electron chi connectivity index (χ1n) is 8.49. The van der Waals surface area contributed by atoms with Gasteiger partial charge in [-0.2, -0.15) is 4.57 Å². The highest BCUT2D eigenvalue weighted by molar-refractivity contribution is 8.03. The van der Waals surface area contributed by atoms with Crippen molar-refractivity contribution in [2.75, 3.05) is 11.4 Å². The van der Waals surface area contributed by atoms with Crippen LogP contribution in [0, 0.1) is 11.8 Å². The van der Waals surface area contributed by atoms with Crippen LogP contribution in [0.5, 0.6) is 0 Å². The summed E-state index contributed by atoms with van der Waals surface area (Å²) in [7, 11) is 0. The van der Waals surface area contributed by atoms with Gasteiger partial charge in [0.1, 0.15) is 11.2 Å². The number of nitrogens with zero attached hydrogens (tertiary/aromatic N) is 2. The van der Waals surface area contributed by atoms with Crippen molar-refractivity contribution in [3.8, 4) is 11.8 Å². The average molecular weight is 364 g/mol. The smallest absolute Gasteiger partial charge is 0.315 e. The third-order valence-electron chi connectivity index (χ3n) is 4.25. The molecule has 4 rings (SSSR count). The molecule has 2 heterocycles. The minimum absolute atomic E-state index is 0.936. The molecular formula is C21H19N2S2+. The molecule has 0 amide bonds. The number of fused-ring (bicyclic) bond motifs is 2. The molecule has 0 N–H and O–H groups in total. The number of aryl methyl sites for hydroxylation is 1. The van der Waals surface area contributed by atoms with E-state index in [1.54, 1.807) is 23.1 Å². The van der Waals surface area contributed by atoms with Crippen LogP contribution < -0.4 is 9.47 Å². The lowest BCUT2D eigenvalue weighted by Crippen LogP contribution is -2.33. The van der Waals surface area contributed by atoms with Gasteiger partial charge in [-0.05, 0) is 32.0 Å². The second kappa shape index (κ2) is 6.95. The van der Waals surface area contributed by atoms with Crippen molar-refractivity contribution in [1.29, 1.82) is 0 Å². The summed E-state index contributed by atoms with van der Waals surface area (Å²) in [5.74, 6) is 6.66. The van der Waals surface area contributed by atoms with Gasteiger partial charge in [-0.3, -0.25) is 0 Å². The summed E-state index contributed by atoms with van der Waals surface area (Å²) in [6.45, 7) is 6.24. The van der Waals surface area contributed by atoms with Crippen molar-refractivity contribution in [3.05, 3.63) is 64.6 Å². The van der Waals surface area contributed by atoms with Crippen LogP contribution in [0.1, 0.15) is 18.9 Å². The maximum Gasteiger partial charge on any atom is 0.315 e. The summed E-state index contributed by atoms with van der Waals surface area (Å²) >= 11 is 3.56. The maximum atomic E-state index is 3.37. The predicted molar refractivity (Wildman–Crippen MR) is 108 cm³/mol. The fourth-order valence-electron chi connectivity index (χ4n) is 3.09. The zero-order chi connectivity index (χ0) is 17.2. The SMILES string of the molecule is CCN1/C(=C/C#Cc2sc3ccccc3[n+]2CC)Sc2ccccc21. The van der Waals surface area contributed by atoms with Crippen molar-refractivity contribution in [2.45, 2.75) is 25.3 Å². The highest BCUT2D eigenvalue weighted by Gasteiger charge is 2.22. The van der Waals surface area contributed by atoms with Crippen molar-refractivity contribution < 1.29 is 4.57 Å². The van der Waals surface area contributed by atoms with E-state index in [9.17, 15) is 0 Å². The monoisotopic (exact) mass is 363 g/mol. The summed E-state index contributed by atoms with van der Waals surface area (Å²) in [6.07, 6.45) is 2.05. The molecule has 0 radical (unpaired) electrons. The Bertz CT molecular complexity index is 1020. The summed E-state index contributed by atoms with van der Waals surface area (Å²) in [6, 6.07) is 17.0. The van der Waals surface area contributed by atoms with Crippen molar-refractivity contribution in [2.24, 2.45) is 0 Å². The summed E-state index contributed by atoms with van der Waals surface area (Å²) in [5.41, 5.74) is 2.55. The molecular weight excluding hydrogens is 344 g/mol. The van der Waals surface area contributed by atoms with Gasteiger partial charge in [0, 0.05) is 29.5 Å². The van der Waals surface area contributed by atoms with E-state index < -0.39 is 0 Å². The Morgan fingerprint density at radius 3 is 2.72 bits per heavy atom. The Kier molecular flexibility index (Phi) is 4.52. The van der Waals surface area contributed by atoms with E-state index in [1.165, 1.54) is 25.8 Å². The molecule has 0 spiro atoms. The first kappa shape index (κ1) is 16.3. The molecule has 0 saturated carbocycles. The molecule has 2 aromatic carbocycles. The van der Waals surface area contributed by atoms with E-state index in [0.29, 0.717) is 0 Å². The lowest BCUT2D eigenvalue weighted by molar-refractivity contribution is -0.665. The Labute approximate surface area is 156 Å². The molecule has 4 heteroatoms. The van der Waals surface area contributed by atoms with Gasteiger partial charge < -0.3 is 4.90 Å². The van der Waals surface area contributed by atoms with Gasteiger partial charge in [0.05, 0.1) is 10.7 Å². The molecule has 0 bridgehead atoms. The first-order chi connectivity index (χ1) is 12.3. The Morgan fingerprint density at radius 1 is 1.08 bits per heavy atom. The van der Waals surface area contributed by atoms with Crippen LogP contribution in [0.2, 0.25) is 0 Å². The number of thiazole rings is 1. The van der Waals surface area contributed by atoms with Gasteiger partial charge in [-0.25, -0.2) is 0 Å². The van der Waals surface area contributed by atoms with Gasteiger partial charge in [0.25, 0.3) is 0 Å². The van der Waals surface area contributed by atoms with Crippen LogP contribution in [0.15, 0.2) is 64.5 Å². The number of rotatable bonds is 2. The molecule has 0 unspecified atom stereocenters. The highest BCUT2D eigenvalue weighted by atomic mass is 32.2. The normalized spacial score (nSPS) is 14.6. The minimum atomic E-state index is 0.936. The van der Waals surface area contributed by atoms with E-state index in [0.717, 1.165) is 18.1 Å². The first-order valence-corrected chi connectivity index (χ1v) is 10.1. The number of anilines is 1. The fraction of sp³-hybridized carbons (Fsp3) is 0.190. The zero-order valence-corrected chi connectivity index (χ0v) is 16.0. The van der Waals surface area contributed by atoms with E-state index in [2.05, 4.69) is 89.8 Å². The fourth-order valence-corrected chi connectivity index (χ4v) is 5.28. The van der Waals surface area contributed by atoms with Gasteiger partial charge in [0.2, 0.25) is 5.52 Å². The highest BCUT2D eigenvalue weighted by Crippen LogP contribution is 2.45. The predicted octanol–water partition coefficient (Wildman–Crippen LogP) is 5.03. The largest absolute Gasteiger partial charge is 0.335 e. The van der Waals surface area contributed by atoms with Crippen molar-refractivity contribution in [3.63, 3.8) is 0 Å². The van der Waals surface area contributed by atoms with Crippen LogP contribution in [-0.4, -0.2) is 6.54 Å². The van der Waals surface area contributed by atoms with Gasteiger partial charge in [-0.1, -0.05) is 53.3 Å². The molecule has 25 heavy (non-hydrogen) atoms. The molecule has 0 saturated heterocycles. The molecule has 1 aliphatic heterocycles. The van der Waals surface area contributed by atoms with Crippen LogP contribution in [-0.2, 0) is 6.54 Å². The number of hydrogen-bond donors (Lipinski definition) is 0. The molecule has 3 aromatic rings. The van der Waals surface area contributed by atoms with Gasteiger partial charge in [-0.15, -0.1) is 0 Å². The molecule has 124 valence electrons. The average Bonchev–Trinajstić information content (AvgIpc) is 3.18. The molecule has 2 nitrogen and oxygen atoms in total. The maximum absolute atomic E-state index is 3.37. The minimum Gasteiger partial charge on any atom is -0.335 e. The van der Waals surface area contributed by atoms with E-state index in [-0.39, 0.29) is 0 Å². The third-order valence-corrected chi connectivity index (χ3v) is 6.45. The van der Waals surface area contributed by atoms with E-state index >= 15 is 0 Å².